The van der Waals surface area contributed by atoms with Crippen molar-refractivity contribution in [2.75, 3.05) is 0 Å². The highest BCUT2D eigenvalue weighted by Crippen LogP contribution is 2.37. The largest absolute Gasteiger partial charge is 0.478 e. The number of aromatic nitrogens is 2. The lowest BCUT2D eigenvalue weighted by Gasteiger charge is -2.18. The van der Waals surface area contributed by atoms with Crippen molar-refractivity contribution in [2.45, 2.75) is 25.7 Å². The highest BCUT2D eigenvalue weighted by Gasteiger charge is 2.29. The number of aromatic carboxylic acids is 1. The number of rotatable bonds is 5. The van der Waals surface area contributed by atoms with E-state index in [0.29, 0.717) is 28.1 Å². The van der Waals surface area contributed by atoms with Crippen molar-refractivity contribution in [2.24, 2.45) is 0 Å². The fourth-order valence-corrected chi connectivity index (χ4v) is 4.65. The predicted octanol–water partition coefficient (Wildman–Crippen LogP) is 5.88. The van der Waals surface area contributed by atoms with Crippen LogP contribution < -0.4 is 0 Å². The minimum atomic E-state index is -1.07. The fraction of sp³-hybridized carbons (Fsp3) is 0.138. The highest BCUT2D eigenvalue weighted by atomic mass is 16.4. The lowest BCUT2D eigenvalue weighted by atomic mass is 9.91. The first-order chi connectivity index (χ1) is 16.6. The summed E-state index contributed by atoms with van der Waals surface area (Å²) >= 11 is 0. The van der Waals surface area contributed by atoms with E-state index >= 15 is 0 Å². The Morgan fingerprint density at radius 3 is 2.09 bits per heavy atom. The third kappa shape index (κ3) is 3.75. The molecule has 0 atom stereocenters. The second-order valence-corrected chi connectivity index (χ2v) is 8.42. The number of carboxylic acid groups (broad SMARTS) is 1. The molecule has 1 aromatic heterocycles. The molecule has 5 rings (SSSR count). The molecule has 1 heterocycles. The maximum Gasteiger partial charge on any atom is 0.336 e. The van der Waals surface area contributed by atoms with Crippen LogP contribution in [0.4, 0.5) is 0 Å². The van der Waals surface area contributed by atoms with E-state index in [1.807, 2.05) is 54.6 Å². The van der Waals surface area contributed by atoms with Gasteiger partial charge in [0.15, 0.2) is 0 Å². The van der Waals surface area contributed by atoms with Crippen LogP contribution in [0.3, 0.4) is 0 Å². The molecule has 1 N–H and O–H groups in total. The van der Waals surface area contributed by atoms with Gasteiger partial charge in [0.2, 0.25) is 0 Å². The third-order valence-corrected chi connectivity index (χ3v) is 6.32. The molecule has 0 amide bonds. The summed E-state index contributed by atoms with van der Waals surface area (Å²) in [5, 5.41) is 10.1. The molecule has 0 saturated heterocycles. The summed E-state index contributed by atoms with van der Waals surface area (Å²) in [5.74, 6) is -0.911. The summed E-state index contributed by atoms with van der Waals surface area (Å²) in [7, 11) is 0. The van der Waals surface area contributed by atoms with Crippen LogP contribution in [0.5, 0.6) is 0 Å². The van der Waals surface area contributed by atoms with E-state index < -0.39 is 5.97 Å². The monoisotopic (exact) mass is 448 g/mol. The van der Waals surface area contributed by atoms with E-state index in [4.69, 9.17) is 4.98 Å². The van der Waals surface area contributed by atoms with Gasteiger partial charge in [-0.1, -0.05) is 67.2 Å². The number of aryl methyl sites for hydroxylation is 1. The van der Waals surface area contributed by atoms with Crippen molar-refractivity contribution in [3.63, 3.8) is 0 Å². The SMILES string of the molecule is C=C(c1ccccc1)c1cccc(C(=O)O)c1-c1nc2c(n1C(=O)c1ccccc1)CCCC2. The first kappa shape index (κ1) is 21.6. The molecule has 0 saturated carbocycles. The second kappa shape index (κ2) is 8.94. The first-order valence-electron chi connectivity index (χ1n) is 11.4. The van der Waals surface area contributed by atoms with Crippen molar-refractivity contribution in [3.05, 3.63) is 119 Å². The molecule has 1 aliphatic carbocycles. The molecular weight excluding hydrogens is 424 g/mol. The average molecular weight is 449 g/mol. The Labute approximate surface area is 198 Å². The zero-order valence-corrected chi connectivity index (χ0v) is 18.7. The maximum absolute atomic E-state index is 13.8. The van der Waals surface area contributed by atoms with E-state index in [0.717, 1.165) is 42.6 Å². The van der Waals surface area contributed by atoms with Gasteiger partial charge in [-0.3, -0.25) is 9.36 Å². The van der Waals surface area contributed by atoms with Crippen molar-refractivity contribution >= 4 is 17.4 Å². The molecule has 5 heteroatoms. The number of carbonyl (C=O) groups is 2. The Bertz CT molecular complexity index is 1400. The van der Waals surface area contributed by atoms with Crippen molar-refractivity contribution in [3.8, 4) is 11.4 Å². The molecule has 1 aliphatic rings. The quantitative estimate of drug-likeness (QED) is 0.414. The molecular formula is C29H24N2O3. The third-order valence-electron chi connectivity index (χ3n) is 6.32. The van der Waals surface area contributed by atoms with Gasteiger partial charge in [-0.25, -0.2) is 9.78 Å². The number of nitrogens with zero attached hydrogens (tertiary/aromatic N) is 2. The van der Waals surface area contributed by atoms with Gasteiger partial charge in [0.1, 0.15) is 5.82 Å². The van der Waals surface area contributed by atoms with Crippen molar-refractivity contribution in [1.82, 2.24) is 9.55 Å². The Kier molecular flexibility index (Phi) is 5.68. The van der Waals surface area contributed by atoms with Crippen molar-refractivity contribution < 1.29 is 14.7 Å². The number of imidazole rings is 1. The molecule has 3 aromatic carbocycles. The summed E-state index contributed by atoms with van der Waals surface area (Å²) in [6.07, 6.45) is 3.45. The Morgan fingerprint density at radius 2 is 1.41 bits per heavy atom. The standard InChI is InChI=1S/C29H24N2O3/c1-19(20-11-4-2-5-12-20)22-15-10-16-23(29(33)34)26(22)27-30-24-17-8-9-18-25(24)31(27)28(32)21-13-6-3-7-14-21/h2-7,10-16H,1,8-9,17-18H2,(H,33,34). The fourth-order valence-electron chi connectivity index (χ4n) is 4.65. The molecule has 0 radical (unpaired) electrons. The van der Waals surface area contributed by atoms with Gasteiger partial charge < -0.3 is 5.11 Å². The number of hydrogen-bond acceptors (Lipinski definition) is 3. The second-order valence-electron chi connectivity index (χ2n) is 8.42. The molecule has 0 bridgehead atoms. The smallest absolute Gasteiger partial charge is 0.336 e. The molecule has 34 heavy (non-hydrogen) atoms. The number of benzene rings is 3. The molecule has 5 nitrogen and oxygen atoms in total. The van der Waals surface area contributed by atoms with Gasteiger partial charge in [-0.05, 0) is 60.6 Å². The van der Waals surface area contributed by atoms with Gasteiger partial charge in [-0.2, -0.15) is 0 Å². The van der Waals surface area contributed by atoms with Gasteiger partial charge in [-0.15, -0.1) is 0 Å². The van der Waals surface area contributed by atoms with Crippen LogP contribution in [0.15, 0.2) is 85.4 Å². The predicted molar refractivity (Wildman–Crippen MR) is 132 cm³/mol. The molecule has 168 valence electrons. The molecule has 0 spiro atoms. The Hall–Kier alpha value is -4.25. The number of fused-ring (bicyclic) bond motifs is 1. The Morgan fingerprint density at radius 1 is 0.794 bits per heavy atom. The first-order valence-corrected chi connectivity index (χ1v) is 11.4. The number of carbonyl (C=O) groups excluding carboxylic acids is 1. The minimum absolute atomic E-state index is 0.0963. The van der Waals surface area contributed by atoms with Crippen molar-refractivity contribution in [1.29, 1.82) is 0 Å². The van der Waals surface area contributed by atoms with E-state index in [2.05, 4.69) is 6.58 Å². The molecule has 0 unspecified atom stereocenters. The van der Waals surface area contributed by atoms with E-state index in [1.165, 1.54) is 0 Å². The van der Waals surface area contributed by atoms with Gasteiger partial charge in [0.25, 0.3) is 5.91 Å². The topological polar surface area (TPSA) is 72.2 Å². The van der Waals surface area contributed by atoms with Gasteiger partial charge in [0.05, 0.1) is 11.3 Å². The Balaban J connectivity index is 1.79. The zero-order valence-electron chi connectivity index (χ0n) is 18.7. The van der Waals surface area contributed by atoms with Crippen LogP contribution in [-0.4, -0.2) is 26.5 Å². The van der Waals surface area contributed by atoms with Crippen LogP contribution >= 0.6 is 0 Å². The van der Waals surface area contributed by atoms with Crippen LogP contribution in [0.1, 0.15) is 56.1 Å². The van der Waals surface area contributed by atoms with Crippen LogP contribution in [-0.2, 0) is 12.8 Å². The maximum atomic E-state index is 13.8. The van der Waals surface area contributed by atoms with E-state index in [-0.39, 0.29) is 11.5 Å². The van der Waals surface area contributed by atoms with Gasteiger partial charge in [0, 0.05) is 16.8 Å². The number of carboxylic acids is 1. The van der Waals surface area contributed by atoms with Crippen LogP contribution in [0.2, 0.25) is 0 Å². The van der Waals surface area contributed by atoms with Gasteiger partial charge >= 0.3 is 5.97 Å². The highest BCUT2D eigenvalue weighted by molar-refractivity contribution is 6.04. The number of hydrogen-bond donors (Lipinski definition) is 1. The minimum Gasteiger partial charge on any atom is -0.478 e. The normalized spacial score (nSPS) is 12.7. The lowest BCUT2D eigenvalue weighted by Crippen LogP contribution is -2.19. The van der Waals surface area contributed by atoms with Crippen LogP contribution in [0.25, 0.3) is 17.0 Å². The van der Waals surface area contributed by atoms with E-state index in [1.54, 1.807) is 28.8 Å². The summed E-state index contributed by atoms with van der Waals surface area (Å²) in [5.41, 5.74) is 4.98. The molecule has 0 fully saturated rings. The average Bonchev–Trinajstić information content (AvgIpc) is 3.27. The zero-order chi connectivity index (χ0) is 23.7. The van der Waals surface area contributed by atoms with Crippen LogP contribution in [0, 0.1) is 0 Å². The molecule has 4 aromatic rings. The molecule has 0 aliphatic heterocycles. The summed E-state index contributed by atoms with van der Waals surface area (Å²) in [6, 6.07) is 23.8. The van der Waals surface area contributed by atoms with E-state index in [9.17, 15) is 14.7 Å². The summed E-state index contributed by atoms with van der Waals surface area (Å²) in [6.45, 7) is 4.28. The summed E-state index contributed by atoms with van der Waals surface area (Å²) < 4.78 is 1.63. The summed E-state index contributed by atoms with van der Waals surface area (Å²) in [4.78, 5) is 31.0. The lowest BCUT2D eigenvalue weighted by molar-refractivity contribution is 0.0697.